The molecule has 33 nitrogen and oxygen atoms in total. The summed E-state index contributed by atoms with van der Waals surface area (Å²) < 4.78 is 0. The number of nitrogens with zero attached hydrogens (tertiary/aromatic N) is 2. The Bertz CT molecular complexity index is 3160. The van der Waals surface area contributed by atoms with E-state index >= 15 is 0 Å². The first-order valence-corrected chi connectivity index (χ1v) is 35.1. The number of carboxylic acid groups (broad SMARTS) is 2. The van der Waals surface area contributed by atoms with E-state index in [1.165, 1.54) is 24.3 Å². The molecule has 2 aliphatic heterocycles. The SMILES string of the molecule is CCC(C)[C@H]1NC(=O)[C@@H](CCCN)NC(=O)[C@H](NC(=O)[C@H](NC(=O)[C@H](CCC(=O)O)NC(=O)[C@H](CC(C)C)NC(=O)[C@@H]2CSC([C@H](N)[C@H](C)CC)=N2)[C@@H](C)CC)CCCCNC(=O)[C@@H](CC(N)=O)NC(=O)[C@@H](CC(=O)O)NC(=O)[C@@H](Cc2cnc[nH]2)NC(=O)[C@@H](Cc2ccccc2)NC1=O. The van der Waals surface area contributed by atoms with E-state index in [0.717, 1.165) is 6.42 Å². The van der Waals surface area contributed by atoms with E-state index in [-0.39, 0.29) is 94.9 Å². The normalized spacial score (nSPS) is 23.1. The van der Waals surface area contributed by atoms with Crippen molar-refractivity contribution in [3.8, 4) is 0 Å². The maximum Gasteiger partial charge on any atom is 0.305 e. The third-order valence-corrected chi connectivity index (χ3v) is 18.6. The van der Waals surface area contributed by atoms with Crippen LogP contribution in [-0.2, 0) is 80.0 Å². The van der Waals surface area contributed by atoms with E-state index in [9.17, 15) is 77.3 Å². The molecule has 20 N–H and O–H groups in total. The van der Waals surface area contributed by atoms with Crippen LogP contribution in [0.3, 0.4) is 0 Å². The summed E-state index contributed by atoms with van der Waals surface area (Å²) in [5.74, 6) is -15.4. The number of imidazole rings is 1. The van der Waals surface area contributed by atoms with Crippen molar-refractivity contribution in [2.24, 2.45) is 45.9 Å². The third kappa shape index (κ3) is 27.6. The van der Waals surface area contributed by atoms with Gasteiger partial charge < -0.3 is 90.9 Å². The summed E-state index contributed by atoms with van der Waals surface area (Å²) in [5, 5.41) is 49.1. The monoisotopic (exact) mass is 1420 g/mol. The minimum absolute atomic E-state index is 0.00117. The number of hydrogen-bond acceptors (Lipinski definition) is 19. The Kier molecular flexibility index (Phi) is 35.1. The molecule has 0 bridgehead atoms. The van der Waals surface area contributed by atoms with Crippen LogP contribution >= 0.6 is 11.8 Å². The lowest BCUT2D eigenvalue weighted by Crippen LogP contribution is -2.62. The van der Waals surface area contributed by atoms with Crippen molar-refractivity contribution in [1.82, 2.24) is 68.5 Å². The number of carbonyl (C=O) groups is 14. The summed E-state index contributed by atoms with van der Waals surface area (Å²) in [5.41, 5.74) is 18.7. The number of nitrogens with one attached hydrogen (secondary N) is 12. The number of hydrogen-bond donors (Lipinski definition) is 17. The molecule has 1 aromatic heterocycles. The Morgan fingerprint density at radius 1 is 0.660 bits per heavy atom. The van der Waals surface area contributed by atoms with E-state index in [1.807, 2.05) is 27.7 Å². The molecule has 1 aromatic carbocycles. The van der Waals surface area contributed by atoms with Gasteiger partial charge in [-0.3, -0.25) is 72.1 Å². The van der Waals surface area contributed by atoms with Gasteiger partial charge in [0.25, 0.3) is 0 Å². The van der Waals surface area contributed by atoms with Crippen molar-refractivity contribution < 1.29 is 77.3 Å². The summed E-state index contributed by atoms with van der Waals surface area (Å²) >= 11 is 1.35. The topological polar surface area (TPSA) is 531 Å². The molecule has 4 rings (SSSR count). The number of aromatic amines is 1. The highest BCUT2D eigenvalue weighted by Gasteiger charge is 2.40. The summed E-state index contributed by atoms with van der Waals surface area (Å²) in [6, 6.07) is -8.34. The molecule has 15 atom stereocenters. The number of aliphatic imine (C=N–C) groups is 1. The van der Waals surface area contributed by atoms with E-state index in [2.05, 4.69) is 73.4 Å². The molecule has 12 amide bonds. The van der Waals surface area contributed by atoms with Crippen LogP contribution in [-0.4, -0.2) is 199 Å². The largest absolute Gasteiger partial charge is 0.481 e. The average molecular weight is 1420 g/mol. The van der Waals surface area contributed by atoms with Crippen molar-refractivity contribution in [3.05, 3.63) is 54.1 Å². The zero-order chi connectivity index (χ0) is 74.3. The Labute approximate surface area is 586 Å². The predicted octanol–water partition coefficient (Wildman–Crippen LogP) is -1.68. The highest BCUT2D eigenvalue weighted by Crippen LogP contribution is 2.25. The number of aromatic nitrogens is 2. The molecule has 0 aliphatic carbocycles. The molecule has 3 heterocycles. The lowest BCUT2D eigenvalue weighted by atomic mass is 9.96. The standard InChI is InChI=1S/C66H103N17O16S/c1-9-35(6)52(69)66-81-48(32-100-66)63(97)76-43(26-34(4)5)59(93)74-42(22-23-50(85)86)58(92)83-53(36(7)10-2)64(98)75-40-20-15-16-25-71-55(89)46(29-49(68)84)78-62(96)47(30-51(87)88)79-61(95)45(28-39-31-70-33-72-39)77-60(94)44(27-38-18-13-12-14-19-38)80-65(99)54(37(8)11-3)82-57(91)41(21-17-24-67)73-56(40)90/h12-14,18-19,31,33-37,40-48,52-54H,9-11,15-17,20-30,32,67,69H2,1-8H3,(H2,68,84)(H,70,72)(H,71,89)(H,73,90)(H,74,93)(H,75,98)(H,76,97)(H,77,94)(H,78,96)(H,79,95)(H,80,99)(H,82,91)(H,83,92)(H,85,86)(H,87,88)/t35-,36+,37?,40-,41-,42+,43+,44-,45-,46-,47-,48+,52-,53-,54-/m1/s1. The highest BCUT2D eigenvalue weighted by molar-refractivity contribution is 8.14. The second-order valence-corrected chi connectivity index (χ2v) is 27.0. The predicted molar refractivity (Wildman–Crippen MR) is 369 cm³/mol. The van der Waals surface area contributed by atoms with Crippen LogP contribution < -0.4 is 75.7 Å². The molecule has 2 aliphatic rings. The van der Waals surface area contributed by atoms with Crippen LogP contribution in [0.25, 0.3) is 0 Å². The quantitative estimate of drug-likeness (QED) is 0.0401. The van der Waals surface area contributed by atoms with Gasteiger partial charge in [0, 0.05) is 43.5 Å². The number of primary amides is 1. The third-order valence-electron chi connectivity index (χ3n) is 17.5. The fourth-order valence-electron chi connectivity index (χ4n) is 10.9. The van der Waals surface area contributed by atoms with Gasteiger partial charge in [0.15, 0.2) is 0 Å². The van der Waals surface area contributed by atoms with Gasteiger partial charge in [0.05, 0.1) is 30.3 Å². The van der Waals surface area contributed by atoms with Crippen molar-refractivity contribution in [2.45, 2.75) is 224 Å². The molecular weight excluding hydrogens is 1320 g/mol. The maximum absolute atomic E-state index is 14.9. The molecule has 0 saturated carbocycles. The number of benzene rings is 1. The number of aliphatic carboxylic acids is 2. The van der Waals surface area contributed by atoms with Gasteiger partial charge in [-0.05, 0) is 80.7 Å². The zero-order valence-electron chi connectivity index (χ0n) is 58.2. The van der Waals surface area contributed by atoms with Gasteiger partial charge in [-0.15, -0.1) is 11.8 Å². The number of carboxylic acids is 2. The lowest BCUT2D eigenvalue weighted by Gasteiger charge is -2.30. The number of rotatable bonds is 31. The van der Waals surface area contributed by atoms with Crippen molar-refractivity contribution in [2.75, 3.05) is 18.8 Å². The molecule has 0 spiro atoms. The fourth-order valence-corrected chi connectivity index (χ4v) is 12.0. The van der Waals surface area contributed by atoms with Crippen LogP contribution in [0, 0.1) is 23.7 Å². The minimum atomic E-state index is -1.94. The summed E-state index contributed by atoms with van der Waals surface area (Å²) in [7, 11) is 0. The first-order valence-electron chi connectivity index (χ1n) is 34.1. The van der Waals surface area contributed by atoms with Gasteiger partial charge in [0.2, 0.25) is 70.9 Å². The molecule has 1 unspecified atom stereocenters. The Morgan fingerprint density at radius 2 is 1.26 bits per heavy atom. The first kappa shape index (κ1) is 83.4. The number of carbonyl (C=O) groups excluding carboxylic acids is 12. The van der Waals surface area contributed by atoms with Gasteiger partial charge in [-0.2, -0.15) is 0 Å². The van der Waals surface area contributed by atoms with Crippen LogP contribution in [0.2, 0.25) is 0 Å². The van der Waals surface area contributed by atoms with Crippen molar-refractivity contribution >= 4 is 99.6 Å². The van der Waals surface area contributed by atoms with Gasteiger partial charge in [-0.1, -0.05) is 105 Å². The van der Waals surface area contributed by atoms with Crippen LogP contribution in [0.15, 0.2) is 47.8 Å². The van der Waals surface area contributed by atoms with Gasteiger partial charge in [0.1, 0.15) is 66.5 Å². The molecular formula is C66H103N17O16S. The fraction of sp³-hybridized carbons (Fsp3) is 0.636. The molecule has 34 heteroatoms. The molecule has 554 valence electrons. The summed E-state index contributed by atoms with van der Waals surface area (Å²) in [6.45, 7) is 14.1. The molecule has 1 fully saturated rings. The molecule has 100 heavy (non-hydrogen) atoms. The van der Waals surface area contributed by atoms with Gasteiger partial charge >= 0.3 is 11.9 Å². The highest BCUT2D eigenvalue weighted by atomic mass is 32.2. The summed E-state index contributed by atoms with van der Waals surface area (Å²) in [4.78, 5) is 207. The van der Waals surface area contributed by atoms with E-state index in [1.54, 1.807) is 58.0 Å². The first-order chi connectivity index (χ1) is 47.4. The van der Waals surface area contributed by atoms with E-state index in [0.29, 0.717) is 16.3 Å². The Hall–Kier alpha value is -9.05. The molecule has 1 saturated heterocycles. The van der Waals surface area contributed by atoms with Crippen molar-refractivity contribution in [3.63, 3.8) is 0 Å². The van der Waals surface area contributed by atoms with Crippen LogP contribution in [0.5, 0.6) is 0 Å². The average Bonchev–Trinajstić information content (AvgIpc) is 1.24. The van der Waals surface area contributed by atoms with Crippen molar-refractivity contribution in [1.29, 1.82) is 0 Å². The Balaban J connectivity index is 1.77. The number of amides is 12. The smallest absolute Gasteiger partial charge is 0.305 e. The zero-order valence-corrected chi connectivity index (χ0v) is 59.0. The van der Waals surface area contributed by atoms with Crippen LogP contribution in [0.1, 0.15) is 150 Å². The van der Waals surface area contributed by atoms with E-state index < -0.39 is 193 Å². The van der Waals surface area contributed by atoms with Gasteiger partial charge in [-0.25, -0.2) is 4.98 Å². The summed E-state index contributed by atoms with van der Waals surface area (Å²) in [6.07, 6.45) is 0.368. The minimum Gasteiger partial charge on any atom is -0.481 e. The lowest BCUT2D eigenvalue weighted by molar-refractivity contribution is -0.142. The second kappa shape index (κ2) is 42.1. The van der Waals surface area contributed by atoms with E-state index in [4.69, 9.17) is 17.2 Å². The Morgan fingerprint density at radius 3 is 1.85 bits per heavy atom. The second-order valence-electron chi connectivity index (χ2n) is 26.0. The number of H-pyrrole nitrogens is 1. The number of nitrogens with two attached hydrogens (primary N) is 3. The molecule has 2 aromatic rings. The number of thioether (sulfide) groups is 1. The maximum atomic E-state index is 14.9. The van der Waals surface area contributed by atoms with Crippen LogP contribution in [0.4, 0.5) is 0 Å². The molecule has 0 radical (unpaired) electrons.